The minimum atomic E-state index is 0.581. The Balaban J connectivity index is 1.81. The zero-order chi connectivity index (χ0) is 13.9. The van der Waals surface area contributed by atoms with Gasteiger partial charge < -0.3 is 9.72 Å². The van der Waals surface area contributed by atoms with Gasteiger partial charge in [0, 0.05) is 16.9 Å². The third-order valence-electron chi connectivity index (χ3n) is 2.98. The van der Waals surface area contributed by atoms with Gasteiger partial charge in [-0.25, -0.2) is 4.98 Å². The number of rotatable bonds is 3. The number of benzene rings is 1. The molecule has 0 aliphatic carbocycles. The summed E-state index contributed by atoms with van der Waals surface area (Å²) < 4.78 is 2.87. The molecule has 0 atom stereocenters. The van der Waals surface area contributed by atoms with E-state index in [2.05, 4.69) is 32.3 Å². The van der Waals surface area contributed by atoms with Gasteiger partial charge in [0.05, 0.1) is 23.5 Å². The van der Waals surface area contributed by atoms with Gasteiger partial charge in [-0.05, 0) is 30.3 Å². The largest absolute Gasteiger partial charge is 0.378 e. The van der Waals surface area contributed by atoms with E-state index in [1.165, 1.54) is 0 Å². The van der Waals surface area contributed by atoms with Gasteiger partial charge in [0.25, 0.3) is 0 Å². The number of hydrogen-bond acceptors (Lipinski definition) is 3. The van der Waals surface area contributed by atoms with Crippen molar-refractivity contribution in [3.05, 3.63) is 64.5 Å². The molecule has 0 saturated heterocycles. The lowest BCUT2D eigenvalue weighted by Gasteiger charge is -2.06. The highest BCUT2D eigenvalue weighted by atomic mass is 79.9. The summed E-state index contributed by atoms with van der Waals surface area (Å²) in [7, 11) is 0. The molecule has 1 N–H and O–H groups in total. The molecule has 1 aromatic carbocycles. The summed E-state index contributed by atoms with van der Waals surface area (Å²) in [6.07, 6.45) is 3.94. The number of halogens is 1. The molecule has 4 nitrogen and oxygen atoms in total. The lowest BCUT2D eigenvalue weighted by atomic mass is 10.2. The van der Waals surface area contributed by atoms with Crippen molar-refractivity contribution in [2.24, 2.45) is 0 Å². The Bertz CT molecular complexity index is 768. The minimum absolute atomic E-state index is 0.581. The number of anilines is 1. The standard InChI is InChI=1S/C15H11BrN4/c16-12-4-5-14(11(7-12)8-17)18-9-13-10-20-6-2-1-3-15(20)19-13/h1-7,10,18H,9H2. The Labute approximate surface area is 124 Å². The van der Waals surface area contributed by atoms with Gasteiger partial charge in [-0.3, -0.25) is 0 Å². The van der Waals surface area contributed by atoms with E-state index >= 15 is 0 Å². The van der Waals surface area contributed by atoms with Crippen LogP contribution in [-0.2, 0) is 6.54 Å². The maximum atomic E-state index is 9.12. The fourth-order valence-corrected chi connectivity index (χ4v) is 2.38. The molecule has 3 aromatic rings. The number of imidazole rings is 1. The van der Waals surface area contributed by atoms with E-state index in [-0.39, 0.29) is 0 Å². The van der Waals surface area contributed by atoms with Crippen molar-refractivity contribution in [1.82, 2.24) is 9.38 Å². The van der Waals surface area contributed by atoms with Crippen molar-refractivity contribution in [2.45, 2.75) is 6.54 Å². The number of pyridine rings is 1. The molecular weight excluding hydrogens is 316 g/mol. The lowest BCUT2D eigenvalue weighted by Crippen LogP contribution is -2.01. The second-order valence-electron chi connectivity index (χ2n) is 4.35. The summed E-state index contributed by atoms with van der Waals surface area (Å²) in [6, 6.07) is 13.7. The van der Waals surface area contributed by atoms with E-state index < -0.39 is 0 Å². The van der Waals surface area contributed by atoms with Crippen molar-refractivity contribution >= 4 is 27.3 Å². The van der Waals surface area contributed by atoms with Crippen LogP contribution in [0.4, 0.5) is 5.69 Å². The van der Waals surface area contributed by atoms with Gasteiger partial charge in [0.2, 0.25) is 0 Å². The lowest BCUT2D eigenvalue weighted by molar-refractivity contribution is 1.08. The number of nitriles is 1. The molecule has 3 rings (SSSR count). The van der Waals surface area contributed by atoms with Gasteiger partial charge >= 0.3 is 0 Å². The van der Waals surface area contributed by atoms with Crippen molar-refractivity contribution < 1.29 is 0 Å². The summed E-state index contributed by atoms with van der Waals surface area (Å²) in [5.74, 6) is 0. The number of nitrogens with zero attached hydrogens (tertiary/aromatic N) is 3. The number of nitrogens with one attached hydrogen (secondary N) is 1. The molecule has 0 amide bonds. The van der Waals surface area contributed by atoms with Crippen LogP contribution in [0.2, 0.25) is 0 Å². The molecule has 2 heterocycles. The fraction of sp³-hybridized carbons (Fsp3) is 0.0667. The summed E-state index contributed by atoms with van der Waals surface area (Å²) in [5, 5.41) is 12.4. The normalized spacial score (nSPS) is 10.4. The van der Waals surface area contributed by atoms with Gasteiger partial charge in [-0.15, -0.1) is 0 Å². The first-order valence-electron chi connectivity index (χ1n) is 6.12. The highest BCUT2D eigenvalue weighted by Gasteiger charge is 2.04. The average Bonchev–Trinajstić information content (AvgIpc) is 2.88. The molecule has 0 spiro atoms. The molecule has 5 heteroatoms. The topological polar surface area (TPSA) is 53.1 Å². The third-order valence-corrected chi connectivity index (χ3v) is 3.47. The first kappa shape index (κ1) is 12.7. The quantitative estimate of drug-likeness (QED) is 0.800. The molecule has 0 unspecified atom stereocenters. The molecule has 0 aliphatic rings. The molecule has 0 saturated carbocycles. The van der Waals surface area contributed by atoms with E-state index in [0.29, 0.717) is 12.1 Å². The van der Waals surface area contributed by atoms with Crippen LogP contribution >= 0.6 is 15.9 Å². The summed E-state index contributed by atoms with van der Waals surface area (Å²) in [6.45, 7) is 0.581. The summed E-state index contributed by atoms with van der Waals surface area (Å²) in [5.41, 5.74) is 3.28. The Hall–Kier alpha value is -2.32. The Morgan fingerprint density at radius 2 is 2.20 bits per heavy atom. The van der Waals surface area contributed by atoms with Crippen LogP contribution in [0.3, 0.4) is 0 Å². The van der Waals surface area contributed by atoms with Crippen molar-refractivity contribution in [3.8, 4) is 6.07 Å². The van der Waals surface area contributed by atoms with Crippen LogP contribution in [0.1, 0.15) is 11.3 Å². The van der Waals surface area contributed by atoms with E-state index in [0.717, 1.165) is 21.5 Å². The molecule has 0 aliphatic heterocycles. The summed E-state index contributed by atoms with van der Waals surface area (Å²) in [4.78, 5) is 4.51. The second-order valence-corrected chi connectivity index (χ2v) is 5.27. The number of aromatic nitrogens is 2. The van der Waals surface area contributed by atoms with Crippen LogP contribution in [0.15, 0.2) is 53.3 Å². The van der Waals surface area contributed by atoms with Crippen LogP contribution < -0.4 is 5.32 Å². The number of hydrogen-bond donors (Lipinski definition) is 1. The van der Waals surface area contributed by atoms with Crippen LogP contribution in [0.25, 0.3) is 5.65 Å². The predicted octanol–water partition coefficient (Wildman–Crippen LogP) is 3.58. The van der Waals surface area contributed by atoms with E-state index in [1.54, 1.807) is 6.07 Å². The highest BCUT2D eigenvalue weighted by Crippen LogP contribution is 2.20. The van der Waals surface area contributed by atoms with Crippen molar-refractivity contribution in [2.75, 3.05) is 5.32 Å². The molecule has 98 valence electrons. The molecule has 20 heavy (non-hydrogen) atoms. The van der Waals surface area contributed by atoms with Crippen LogP contribution in [0, 0.1) is 11.3 Å². The minimum Gasteiger partial charge on any atom is -0.378 e. The monoisotopic (exact) mass is 326 g/mol. The summed E-state index contributed by atoms with van der Waals surface area (Å²) >= 11 is 3.36. The maximum Gasteiger partial charge on any atom is 0.137 e. The van der Waals surface area contributed by atoms with Gasteiger partial charge in [0.15, 0.2) is 0 Å². The smallest absolute Gasteiger partial charge is 0.137 e. The van der Waals surface area contributed by atoms with Gasteiger partial charge in [0.1, 0.15) is 11.7 Å². The van der Waals surface area contributed by atoms with E-state index in [9.17, 15) is 0 Å². The van der Waals surface area contributed by atoms with Gasteiger partial charge in [-0.2, -0.15) is 5.26 Å². The molecule has 2 aromatic heterocycles. The van der Waals surface area contributed by atoms with Crippen molar-refractivity contribution in [3.63, 3.8) is 0 Å². The predicted molar refractivity (Wildman–Crippen MR) is 81.4 cm³/mol. The molecule has 0 radical (unpaired) electrons. The zero-order valence-corrected chi connectivity index (χ0v) is 12.1. The Kier molecular flexibility index (Phi) is 3.40. The SMILES string of the molecule is N#Cc1cc(Br)ccc1NCc1cn2ccccc2n1. The highest BCUT2D eigenvalue weighted by molar-refractivity contribution is 9.10. The van der Waals surface area contributed by atoms with Crippen LogP contribution in [0.5, 0.6) is 0 Å². The maximum absolute atomic E-state index is 9.12. The molecule has 0 bridgehead atoms. The average molecular weight is 327 g/mol. The third kappa shape index (κ3) is 2.51. The van der Waals surface area contributed by atoms with Gasteiger partial charge in [-0.1, -0.05) is 22.0 Å². The van der Waals surface area contributed by atoms with E-state index in [4.69, 9.17) is 5.26 Å². The number of fused-ring (bicyclic) bond motifs is 1. The Morgan fingerprint density at radius 3 is 3.00 bits per heavy atom. The molecule has 0 fully saturated rings. The fourth-order valence-electron chi connectivity index (χ4n) is 2.02. The molecular formula is C15H11BrN4. The Morgan fingerprint density at radius 1 is 1.30 bits per heavy atom. The first-order chi connectivity index (χ1) is 9.76. The van der Waals surface area contributed by atoms with Crippen molar-refractivity contribution in [1.29, 1.82) is 5.26 Å². The first-order valence-corrected chi connectivity index (χ1v) is 6.92. The van der Waals surface area contributed by atoms with E-state index in [1.807, 2.05) is 47.1 Å². The van der Waals surface area contributed by atoms with Crippen LogP contribution in [-0.4, -0.2) is 9.38 Å². The second kappa shape index (κ2) is 5.35. The zero-order valence-electron chi connectivity index (χ0n) is 10.5.